The van der Waals surface area contributed by atoms with E-state index in [2.05, 4.69) is 13.8 Å². The maximum absolute atomic E-state index is 12.3. The maximum atomic E-state index is 12.3. The zero-order chi connectivity index (χ0) is 18.0. The molecule has 0 aromatic rings. The van der Waals surface area contributed by atoms with Gasteiger partial charge in [0.15, 0.2) is 11.6 Å². The van der Waals surface area contributed by atoms with Gasteiger partial charge in [-0.05, 0) is 78.8 Å². The summed E-state index contributed by atoms with van der Waals surface area (Å²) in [4.78, 5) is 24.2. The zero-order valence-corrected chi connectivity index (χ0v) is 15.3. The summed E-state index contributed by atoms with van der Waals surface area (Å²) in [5.74, 6) is 1.47. The van der Waals surface area contributed by atoms with E-state index in [0.717, 1.165) is 44.1 Å². The highest BCUT2D eigenvalue weighted by Gasteiger charge is 2.61. The fourth-order valence-electron chi connectivity index (χ4n) is 7.25. The molecule has 4 rings (SSSR count). The number of fused-ring (bicyclic) bond motifs is 5. The Labute approximate surface area is 149 Å². The van der Waals surface area contributed by atoms with Crippen molar-refractivity contribution in [3.05, 3.63) is 11.6 Å². The Morgan fingerprint density at radius 2 is 1.96 bits per heavy atom. The van der Waals surface area contributed by atoms with Crippen molar-refractivity contribution in [3.8, 4) is 0 Å². The van der Waals surface area contributed by atoms with Gasteiger partial charge in [0, 0.05) is 12.3 Å². The largest absolute Gasteiger partial charge is 0.389 e. The fraction of sp³-hybridized carbons (Fsp3) is 0.810. The highest BCUT2D eigenvalue weighted by molar-refractivity contribution is 5.92. The van der Waals surface area contributed by atoms with Gasteiger partial charge in [0.05, 0.1) is 6.10 Å². The Bertz CT molecular complexity index is 638. The lowest BCUT2D eigenvalue weighted by Gasteiger charge is -2.59. The average Bonchev–Trinajstić information content (AvgIpc) is 2.93. The van der Waals surface area contributed by atoms with Crippen LogP contribution >= 0.6 is 0 Å². The predicted molar refractivity (Wildman–Crippen MR) is 93.7 cm³/mol. The van der Waals surface area contributed by atoms with Crippen LogP contribution in [0.2, 0.25) is 0 Å². The van der Waals surface area contributed by atoms with Gasteiger partial charge in [0.25, 0.3) is 0 Å². The van der Waals surface area contributed by atoms with Gasteiger partial charge in [-0.25, -0.2) is 0 Å². The van der Waals surface area contributed by atoms with Crippen molar-refractivity contribution in [2.24, 2.45) is 34.5 Å². The number of aliphatic hydroxyl groups excluding tert-OH is 2. The maximum Gasteiger partial charge on any atom is 0.161 e. The number of rotatable bonds is 2. The van der Waals surface area contributed by atoms with E-state index in [1.54, 1.807) is 6.08 Å². The Morgan fingerprint density at radius 1 is 1.20 bits per heavy atom. The molecule has 0 spiro atoms. The van der Waals surface area contributed by atoms with Gasteiger partial charge in [0.2, 0.25) is 0 Å². The molecule has 0 aromatic carbocycles. The van der Waals surface area contributed by atoms with E-state index in [9.17, 15) is 19.8 Å². The molecule has 7 atom stereocenters. The predicted octanol–water partition coefficient (Wildman–Crippen LogP) is 2.67. The second-order valence-corrected chi connectivity index (χ2v) is 9.41. The van der Waals surface area contributed by atoms with E-state index in [0.29, 0.717) is 24.2 Å². The van der Waals surface area contributed by atoms with Gasteiger partial charge < -0.3 is 10.2 Å². The molecule has 2 N–H and O–H groups in total. The van der Waals surface area contributed by atoms with Crippen molar-refractivity contribution >= 4 is 11.6 Å². The number of carbonyl (C=O) groups is 2. The van der Waals surface area contributed by atoms with E-state index in [-0.39, 0.29) is 34.9 Å². The SMILES string of the molecule is C[C@]12CC[C@H]3[C@@H](CC(O)C4=CC(=O)CC[C@@]43C)[C@@H]1CC[C@@H]2C(=O)CO. The van der Waals surface area contributed by atoms with Crippen molar-refractivity contribution in [2.45, 2.75) is 64.9 Å². The minimum absolute atomic E-state index is 0.00475. The summed E-state index contributed by atoms with van der Waals surface area (Å²) in [6.45, 7) is 4.14. The van der Waals surface area contributed by atoms with Crippen LogP contribution in [-0.2, 0) is 9.59 Å². The second-order valence-electron chi connectivity index (χ2n) is 9.41. The third kappa shape index (κ3) is 2.33. The number of carbonyl (C=O) groups excluding carboxylic acids is 2. The van der Waals surface area contributed by atoms with E-state index < -0.39 is 6.10 Å². The van der Waals surface area contributed by atoms with Crippen LogP contribution in [0.1, 0.15) is 58.8 Å². The summed E-state index contributed by atoms with van der Waals surface area (Å²) in [5, 5.41) is 20.2. The first-order chi connectivity index (χ1) is 11.8. The van der Waals surface area contributed by atoms with Crippen molar-refractivity contribution in [1.82, 2.24) is 0 Å². The first-order valence-corrected chi connectivity index (χ1v) is 9.88. The molecule has 0 aliphatic heterocycles. The number of hydrogen-bond donors (Lipinski definition) is 2. The molecule has 4 nitrogen and oxygen atoms in total. The Balaban J connectivity index is 1.68. The highest BCUT2D eigenvalue weighted by Crippen LogP contribution is 2.66. The summed E-state index contributed by atoms with van der Waals surface area (Å²) in [6.07, 6.45) is 7.33. The number of Topliss-reactive ketones (excluding diaryl/α,β-unsaturated/α-hetero) is 1. The third-order valence-electron chi connectivity index (χ3n) is 8.52. The van der Waals surface area contributed by atoms with Crippen molar-refractivity contribution in [2.75, 3.05) is 6.61 Å². The van der Waals surface area contributed by atoms with E-state index in [1.807, 2.05) is 0 Å². The smallest absolute Gasteiger partial charge is 0.161 e. The highest BCUT2D eigenvalue weighted by atomic mass is 16.3. The van der Waals surface area contributed by atoms with E-state index in [4.69, 9.17) is 0 Å². The molecule has 3 fully saturated rings. The standard InChI is InChI=1S/C21H30O4/c1-20-8-6-15-13(14(20)3-4-16(20)19(25)11-22)10-18(24)17-9-12(23)5-7-21(15,17)2/h9,13-16,18,22,24H,3-8,10-11H2,1-2H3/t13-,14-,15-,16+,18?,20-,21+/m0/s1. The Hall–Kier alpha value is -1.00. The van der Waals surface area contributed by atoms with Gasteiger partial charge in [0.1, 0.15) is 6.61 Å². The monoisotopic (exact) mass is 346 g/mol. The van der Waals surface area contributed by atoms with Gasteiger partial charge >= 0.3 is 0 Å². The molecule has 138 valence electrons. The first-order valence-electron chi connectivity index (χ1n) is 9.88. The molecule has 4 aliphatic rings. The third-order valence-corrected chi connectivity index (χ3v) is 8.52. The molecule has 0 saturated heterocycles. The van der Waals surface area contributed by atoms with Crippen LogP contribution < -0.4 is 0 Å². The van der Waals surface area contributed by atoms with Gasteiger partial charge in [-0.3, -0.25) is 9.59 Å². The molecule has 3 saturated carbocycles. The summed E-state index contributed by atoms with van der Waals surface area (Å²) in [5.41, 5.74) is 0.856. The van der Waals surface area contributed by atoms with Crippen molar-refractivity contribution in [3.63, 3.8) is 0 Å². The summed E-state index contributed by atoms with van der Waals surface area (Å²) in [6, 6.07) is 0. The average molecular weight is 346 g/mol. The zero-order valence-electron chi connectivity index (χ0n) is 15.3. The molecule has 1 unspecified atom stereocenters. The quantitative estimate of drug-likeness (QED) is 0.806. The van der Waals surface area contributed by atoms with Gasteiger partial charge in [-0.2, -0.15) is 0 Å². The lowest BCUT2D eigenvalue weighted by atomic mass is 9.46. The van der Waals surface area contributed by atoms with Crippen LogP contribution in [0.15, 0.2) is 11.6 Å². The van der Waals surface area contributed by atoms with Crippen LogP contribution in [0.25, 0.3) is 0 Å². The van der Waals surface area contributed by atoms with Crippen LogP contribution in [0.4, 0.5) is 0 Å². The van der Waals surface area contributed by atoms with Crippen molar-refractivity contribution < 1.29 is 19.8 Å². The molecule has 4 aliphatic carbocycles. The molecular weight excluding hydrogens is 316 g/mol. The Morgan fingerprint density at radius 3 is 2.68 bits per heavy atom. The minimum atomic E-state index is -0.523. The molecule has 0 radical (unpaired) electrons. The van der Waals surface area contributed by atoms with Gasteiger partial charge in [-0.1, -0.05) is 13.8 Å². The topological polar surface area (TPSA) is 74.6 Å². The second kappa shape index (κ2) is 5.75. The molecule has 0 amide bonds. The fourth-order valence-corrected chi connectivity index (χ4v) is 7.25. The molecule has 0 bridgehead atoms. The summed E-state index contributed by atoms with van der Waals surface area (Å²) >= 11 is 0. The lowest BCUT2D eigenvalue weighted by Crippen LogP contribution is -2.54. The molecule has 25 heavy (non-hydrogen) atoms. The van der Waals surface area contributed by atoms with Crippen LogP contribution in [-0.4, -0.2) is 34.5 Å². The number of aliphatic hydroxyl groups is 2. The molecule has 0 heterocycles. The minimum Gasteiger partial charge on any atom is -0.389 e. The summed E-state index contributed by atoms with van der Waals surface area (Å²) in [7, 11) is 0. The first kappa shape index (κ1) is 17.4. The number of ketones is 2. The Kier molecular flexibility index (Phi) is 4.01. The lowest BCUT2D eigenvalue weighted by molar-refractivity contribution is -0.134. The van der Waals surface area contributed by atoms with Crippen molar-refractivity contribution in [1.29, 1.82) is 0 Å². The molecular formula is C21H30O4. The van der Waals surface area contributed by atoms with E-state index >= 15 is 0 Å². The van der Waals surface area contributed by atoms with Crippen LogP contribution in [0, 0.1) is 34.5 Å². The summed E-state index contributed by atoms with van der Waals surface area (Å²) < 4.78 is 0. The van der Waals surface area contributed by atoms with Crippen LogP contribution in [0.5, 0.6) is 0 Å². The molecule has 4 heteroatoms. The number of hydrogen-bond acceptors (Lipinski definition) is 4. The normalized spacial score (nSPS) is 49.0. The van der Waals surface area contributed by atoms with Crippen LogP contribution in [0.3, 0.4) is 0 Å². The molecule has 0 aromatic heterocycles. The van der Waals surface area contributed by atoms with E-state index in [1.165, 1.54) is 0 Å². The van der Waals surface area contributed by atoms with Gasteiger partial charge in [-0.15, -0.1) is 0 Å².